The monoisotopic (exact) mass is 313 g/mol. The average molecular weight is 314 g/mol. The summed E-state index contributed by atoms with van der Waals surface area (Å²) in [7, 11) is -1.89. The predicted molar refractivity (Wildman–Crippen MR) is 79.3 cm³/mol. The molecule has 108 valence electrons. The van der Waals surface area contributed by atoms with Gasteiger partial charge in [-0.1, -0.05) is 24.6 Å². The van der Waals surface area contributed by atoms with Crippen molar-refractivity contribution >= 4 is 27.1 Å². The Morgan fingerprint density at radius 1 is 1.40 bits per heavy atom. The number of sulfone groups is 1. The number of anilines is 1. The largest absolute Gasteiger partial charge is 0.398 e. The molecule has 0 spiro atoms. The van der Waals surface area contributed by atoms with Crippen LogP contribution in [0.3, 0.4) is 0 Å². The molecule has 1 aromatic heterocycles. The Bertz CT molecular complexity index is 718. The lowest BCUT2D eigenvalue weighted by Gasteiger charge is -2.09. The summed E-state index contributed by atoms with van der Waals surface area (Å²) in [5, 5.41) is 4.38. The van der Waals surface area contributed by atoms with Crippen LogP contribution in [0, 0.1) is 0 Å². The lowest BCUT2D eigenvalue weighted by molar-refractivity contribution is 0.592. The van der Waals surface area contributed by atoms with E-state index in [9.17, 15) is 8.42 Å². The van der Waals surface area contributed by atoms with Crippen molar-refractivity contribution in [2.75, 3.05) is 5.73 Å². The number of halogens is 1. The fourth-order valence-electron chi connectivity index (χ4n) is 2.00. The number of nitrogen functional groups attached to an aromatic ring is 1. The van der Waals surface area contributed by atoms with Gasteiger partial charge < -0.3 is 5.73 Å². The van der Waals surface area contributed by atoms with E-state index >= 15 is 0 Å². The number of hydrogen-bond donors (Lipinski definition) is 1. The van der Waals surface area contributed by atoms with E-state index in [2.05, 4.69) is 5.10 Å². The van der Waals surface area contributed by atoms with Crippen molar-refractivity contribution in [1.82, 2.24) is 9.78 Å². The Hall–Kier alpha value is -1.53. The molecule has 0 aliphatic heterocycles. The van der Waals surface area contributed by atoms with Crippen LogP contribution in [-0.4, -0.2) is 18.2 Å². The Morgan fingerprint density at radius 2 is 2.10 bits per heavy atom. The molecule has 0 radical (unpaired) electrons. The molecule has 2 N–H and O–H groups in total. The van der Waals surface area contributed by atoms with Crippen LogP contribution in [0.2, 0.25) is 5.02 Å². The first kappa shape index (κ1) is 14.9. The zero-order valence-corrected chi connectivity index (χ0v) is 12.9. The molecule has 5 nitrogen and oxygen atoms in total. The second kappa shape index (κ2) is 5.46. The third-order valence-electron chi connectivity index (χ3n) is 3.04. The molecule has 0 fully saturated rings. The molecule has 2 rings (SSSR count). The summed E-state index contributed by atoms with van der Waals surface area (Å²) in [5.74, 6) is -0.176. The van der Waals surface area contributed by atoms with Gasteiger partial charge in [0, 0.05) is 7.05 Å². The van der Waals surface area contributed by atoms with Crippen LogP contribution in [0.15, 0.2) is 29.2 Å². The van der Waals surface area contributed by atoms with Gasteiger partial charge in [0.15, 0.2) is 9.84 Å². The summed E-state index contributed by atoms with van der Waals surface area (Å²) >= 11 is 5.97. The van der Waals surface area contributed by atoms with Gasteiger partial charge in [-0.2, -0.15) is 5.10 Å². The summed E-state index contributed by atoms with van der Waals surface area (Å²) in [4.78, 5) is -0.0130. The van der Waals surface area contributed by atoms with E-state index in [-0.39, 0.29) is 21.4 Å². The molecule has 0 amide bonds. The molecule has 0 bridgehead atoms. The van der Waals surface area contributed by atoms with Crippen LogP contribution >= 0.6 is 11.6 Å². The highest BCUT2D eigenvalue weighted by atomic mass is 35.5. The number of nitrogens with two attached hydrogens (primary N) is 1. The highest BCUT2D eigenvalue weighted by Gasteiger charge is 2.23. The molecule has 0 aliphatic rings. The van der Waals surface area contributed by atoms with Gasteiger partial charge >= 0.3 is 0 Å². The van der Waals surface area contributed by atoms with Gasteiger partial charge in [0.2, 0.25) is 0 Å². The van der Waals surface area contributed by atoms with E-state index in [4.69, 9.17) is 17.3 Å². The van der Waals surface area contributed by atoms with Crippen molar-refractivity contribution in [3.63, 3.8) is 0 Å². The fraction of sp³-hybridized carbons (Fsp3) is 0.308. The molecule has 0 unspecified atom stereocenters. The first-order chi connectivity index (χ1) is 9.35. The predicted octanol–water partition coefficient (Wildman–Crippen LogP) is 2.19. The highest BCUT2D eigenvalue weighted by Crippen LogP contribution is 2.29. The number of aromatic nitrogens is 2. The van der Waals surface area contributed by atoms with Gasteiger partial charge in [0.25, 0.3) is 0 Å². The molecule has 1 aromatic carbocycles. The summed E-state index contributed by atoms with van der Waals surface area (Å²) in [6.07, 6.45) is 0.752. The SMILES string of the molecule is CCc1cc(CS(=O)(=O)c2c(N)cccc2Cl)n(C)n1. The van der Waals surface area contributed by atoms with Crippen molar-refractivity contribution in [3.8, 4) is 0 Å². The van der Waals surface area contributed by atoms with Crippen molar-refractivity contribution < 1.29 is 8.42 Å². The first-order valence-electron chi connectivity index (χ1n) is 6.13. The van der Waals surface area contributed by atoms with Crippen LogP contribution in [0.25, 0.3) is 0 Å². The van der Waals surface area contributed by atoms with Gasteiger partial charge in [-0.05, 0) is 24.6 Å². The maximum Gasteiger partial charge on any atom is 0.187 e. The molecule has 20 heavy (non-hydrogen) atoms. The minimum Gasteiger partial charge on any atom is -0.398 e. The van der Waals surface area contributed by atoms with Crippen molar-refractivity contribution in [3.05, 3.63) is 40.7 Å². The van der Waals surface area contributed by atoms with Crippen molar-refractivity contribution in [1.29, 1.82) is 0 Å². The van der Waals surface area contributed by atoms with E-state index in [1.165, 1.54) is 12.1 Å². The Labute approximate surface area is 123 Å². The van der Waals surface area contributed by atoms with Crippen LogP contribution < -0.4 is 5.73 Å². The third-order valence-corrected chi connectivity index (χ3v) is 5.22. The summed E-state index contributed by atoms with van der Waals surface area (Å²) < 4.78 is 26.5. The van der Waals surface area contributed by atoms with E-state index in [1.54, 1.807) is 23.9 Å². The number of rotatable bonds is 4. The van der Waals surface area contributed by atoms with Gasteiger partial charge in [0.05, 0.1) is 27.9 Å². The van der Waals surface area contributed by atoms with Crippen LogP contribution in [0.4, 0.5) is 5.69 Å². The number of aryl methyl sites for hydroxylation is 2. The minimum absolute atomic E-state index is 0.0130. The zero-order chi connectivity index (χ0) is 14.9. The van der Waals surface area contributed by atoms with Gasteiger partial charge in [-0.3, -0.25) is 4.68 Å². The fourth-order valence-corrected chi connectivity index (χ4v) is 4.13. The maximum absolute atomic E-state index is 12.5. The maximum atomic E-state index is 12.5. The molecular formula is C13H16ClN3O2S. The normalized spacial score (nSPS) is 11.8. The zero-order valence-electron chi connectivity index (χ0n) is 11.3. The lowest BCUT2D eigenvalue weighted by Crippen LogP contribution is -2.11. The molecule has 0 saturated carbocycles. The second-order valence-electron chi connectivity index (χ2n) is 4.52. The summed E-state index contributed by atoms with van der Waals surface area (Å²) in [6.45, 7) is 1.96. The van der Waals surface area contributed by atoms with Gasteiger partial charge in [-0.15, -0.1) is 0 Å². The molecule has 0 aliphatic carbocycles. The van der Waals surface area contributed by atoms with E-state index < -0.39 is 9.84 Å². The van der Waals surface area contributed by atoms with E-state index in [0.29, 0.717) is 5.69 Å². The Morgan fingerprint density at radius 3 is 2.65 bits per heavy atom. The number of nitrogens with zero attached hydrogens (tertiary/aromatic N) is 2. The topological polar surface area (TPSA) is 78.0 Å². The molecule has 0 saturated heterocycles. The lowest BCUT2D eigenvalue weighted by atomic mass is 10.3. The second-order valence-corrected chi connectivity index (χ2v) is 6.86. The molecule has 2 aromatic rings. The minimum atomic E-state index is -3.61. The van der Waals surface area contributed by atoms with Crippen molar-refractivity contribution in [2.45, 2.75) is 24.0 Å². The molecule has 7 heteroatoms. The van der Waals surface area contributed by atoms with Crippen molar-refractivity contribution in [2.24, 2.45) is 7.05 Å². The molecule has 1 heterocycles. The van der Waals surface area contributed by atoms with E-state index in [1.807, 2.05) is 6.92 Å². The molecular weight excluding hydrogens is 298 g/mol. The quantitative estimate of drug-likeness (QED) is 0.878. The average Bonchev–Trinajstić information content (AvgIpc) is 2.69. The van der Waals surface area contributed by atoms with Gasteiger partial charge in [-0.25, -0.2) is 8.42 Å². The first-order valence-corrected chi connectivity index (χ1v) is 8.16. The standard InChI is InChI=1S/C13H16ClN3O2S/c1-3-9-7-10(17(2)16-9)8-20(18,19)13-11(14)5-4-6-12(13)15/h4-7H,3,8,15H2,1-2H3. The Balaban J connectivity index is 2.43. The highest BCUT2D eigenvalue weighted by molar-refractivity contribution is 7.91. The molecule has 0 atom stereocenters. The third kappa shape index (κ3) is 2.81. The van der Waals surface area contributed by atoms with Crippen LogP contribution in [0.1, 0.15) is 18.3 Å². The number of hydrogen-bond acceptors (Lipinski definition) is 4. The summed E-state index contributed by atoms with van der Waals surface area (Å²) in [5.41, 5.74) is 7.37. The van der Waals surface area contributed by atoms with Gasteiger partial charge in [0.1, 0.15) is 4.90 Å². The smallest absolute Gasteiger partial charge is 0.187 e. The Kier molecular flexibility index (Phi) is 4.06. The number of benzene rings is 1. The van der Waals surface area contributed by atoms with Crippen LogP contribution in [0.5, 0.6) is 0 Å². The summed E-state index contributed by atoms with van der Waals surface area (Å²) in [6, 6.07) is 6.45. The van der Waals surface area contributed by atoms with E-state index in [0.717, 1.165) is 12.1 Å². The van der Waals surface area contributed by atoms with Crippen LogP contribution in [-0.2, 0) is 29.1 Å².